The molecule has 0 saturated heterocycles. The molecule has 1 rings (SSSR count). The first-order chi connectivity index (χ1) is 7.83. The lowest BCUT2D eigenvalue weighted by Gasteiger charge is -2.19. The Morgan fingerprint density at radius 2 is 2.18 bits per heavy atom. The van der Waals surface area contributed by atoms with E-state index in [1.165, 1.54) is 19.9 Å². The van der Waals surface area contributed by atoms with Crippen LogP contribution in [0.15, 0.2) is 18.3 Å². The maximum Gasteiger partial charge on any atom is 0.328 e. The van der Waals surface area contributed by atoms with Gasteiger partial charge in [0.25, 0.3) is 0 Å². The zero-order valence-corrected chi connectivity index (χ0v) is 9.97. The molecule has 17 heavy (non-hydrogen) atoms. The lowest BCUT2D eigenvalue weighted by Crippen LogP contribution is -2.49. The zero-order chi connectivity index (χ0) is 13.1. The molecule has 0 saturated carbocycles. The van der Waals surface area contributed by atoms with Gasteiger partial charge in [0.05, 0.1) is 5.69 Å². The fraction of sp³-hybridized carbons (Fsp3) is 0.364. The van der Waals surface area contributed by atoms with Crippen LogP contribution in [0.3, 0.4) is 0 Å². The van der Waals surface area contributed by atoms with Gasteiger partial charge in [-0.25, -0.2) is 4.79 Å². The lowest BCUT2D eigenvalue weighted by atomic mass is 10.1. The SMILES string of the molecule is Cn1nccc1C=CC(=O)NC(C)(C)C(=O)O. The first kappa shape index (κ1) is 13.0. The minimum atomic E-state index is -1.28. The predicted molar refractivity (Wildman–Crippen MR) is 62.1 cm³/mol. The van der Waals surface area contributed by atoms with Crippen molar-refractivity contribution in [2.45, 2.75) is 19.4 Å². The largest absolute Gasteiger partial charge is 0.480 e. The smallest absolute Gasteiger partial charge is 0.328 e. The number of carboxylic acids is 1. The first-order valence-electron chi connectivity index (χ1n) is 5.04. The number of aliphatic carboxylic acids is 1. The van der Waals surface area contributed by atoms with Gasteiger partial charge in [0.15, 0.2) is 0 Å². The van der Waals surface area contributed by atoms with Gasteiger partial charge in [0, 0.05) is 19.3 Å². The van der Waals surface area contributed by atoms with E-state index >= 15 is 0 Å². The van der Waals surface area contributed by atoms with Crippen molar-refractivity contribution in [1.29, 1.82) is 0 Å². The fourth-order valence-corrected chi connectivity index (χ4v) is 1.11. The van der Waals surface area contributed by atoms with Crippen LogP contribution in [0.2, 0.25) is 0 Å². The molecule has 0 aromatic carbocycles. The van der Waals surface area contributed by atoms with E-state index in [4.69, 9.17) is 5.11 Å². The van der Waals surface area contributed by atoms with Gasteiger partial charge in [-0.2, -0.15) is 5.10 Å². The number of aromatic nitrogens is 2. The molecule has 1 heterocycles. The van der Waals surface area contributed by atoms with Crippen LogP contribution in [0.25, 0.3) is 6.08 Å². The molecule has 1 aromatic rings. The van der Waals surface area contributed by atoms with Gasteiger partial charge in [-0.15, -0.1) is 0 Å². The van der Waals surface area contributed by atoms with Crippen molar-refractivity contribution in [1.82, 2.24) is 15.1 Å². The van der Waals surface area contributed by atoms with Crippen molar-refractivity contribution in [2.24, 2.45) is 7.05 Å². The summed E-state index contributed by atoms with van der Waals surface area (Å²) in [6.45, 7) is 2.84. The standard InChI is InChI=1S/C11H15N3O3/c1-11(2,10(16)17)13-9(15)5-4-8-6-7-12-14(8)3/h4-7H,1-3H3,(H,13,15)(H,16,17). The quantitative estimate of drug-likeness (QED) is 0.743. The van der Waals surface area contributed by atoms with E-state index in [0.717, 1.165) is 5.69 Å². The molecule has 0 fully saturated rings. The molecule has 92 valence electrons. The highest BCUT2D eigenvalue weighted by Gasteiger charge is 2.27. The molecule has 0 unspecified atom stereocenters. The van der Waals surface area contributed by atoms with E-state index in [9.17, 15) is 9.59 Å². The average molecular weight is 237 g/mol. The number of amides is 1. The third-order valence-electron chi connectivity index (χ3n) is 2.23. The Kier molecular flexibility index (Phi) is 3.67. The Labute approximate surface area is 98.9 Å². The molecular formula is C11H15N3O3. The number of carboxylic acid groups (broad SMARTS) is 1. The van der Waals surface area contributed by atoms with E-state index in [0.29, 0.717) is 0 Å². The van der Waals surface area contributed by atoms with Crippen molar-refractivity contribution in [3.63, 3.8) is 0 Å². The van der Waals surface area contributed by atoms with Crippen LogP contribution in [0.4, 0.5) is 0 Å². The highest BCUT2D eigenvalue weighted by molar-refractivity contribution is 5.95. The Hall–Kier alpha value is -2.11. The van der Waals surface area contributed by atoms with Gasteiger partial charge < -0.3 is 10.4 Å². The van der Waals surface area contributed by atoms with E-state index in [1.807, 2.05) is 0 Å². The van der Waals surface area contributed by atoms with Crippen LogP contribution in [-0.2, 0) is 16.6 Å². The first-order valence-corrected chi connectivity index (χ1v) is 5.04. The monoisotopic (exact) mass is 237 g/mol. The Morgan fingerprint density at radius 3 is 2.65 bits per heavy atom. The Balaban J connectivity index is 2.65. The molecule has 6 nitrogen and oxygen atoms in total. The maximum absolute atomic E-state index is 11.5. The van der Waals surface area contributed by atoms with Crippen molar-refractivity contribution in [3.8, 4) is 0 Å². The zero-order valence-electron chi connectivity index (χ0n) is 9.97. The van der Waals surface area contributed by atoms with Gasteiger partial charge in [0.1, 0.15) is 5.54 Å². The summed E-state index contributed by atoms with van der Waals surface area (Å²) in [5.74, 6) is -1.54. The van der Waals surface area contributed by atoms with Gasteiger partial charge in [-0.1, -0.05) is 0 Å². The number of nitrogens with one attached hydrogen (secondary N) is 1. The van der Waals surface area contributed by atoms with Crippen LogP contribution in [0, 0.1) is 0 Å². The van der Waals surface area contributed by atoms with Gasteiger partial charge in [0.2, 0.25) is 5.91 Å². The Morgan fingerprint density at radius 1 is 1.53 bits per heavy atom. The molecule has 0 atom stereocenters. The molecule has 0 aliphatic carbocycles. The maximum atomic E-state index is 11.5. The summed E-state index contributed by atoms with van der Waals surface area (Å²) < 4.78 is 1.60. The van der Waals surface area contributed by atoms with E-state index in [1.54, 1.807) is 30.1 Å². The summed E-state index contributed by atoms with van der Waals surface area (Å²) in [7, 11) is 1.75. The minimum Gasteiger partial charge on any atom is -0.480 e. The van der Waals surface area contributed by atoms with Crippen LogP contribution in [-0.4, -0.2) is 32.3 Å². The summed E-state index contributed by atoms with van der Waals surface area (Å²) >= 11 is 0. The predicted octanol–water partition coefficient (Wildman–Crippen LogP) is 0.413. The van der Waals surface area contributed by atoms with Gasteiger partial charge in [-0.3, -0.25) is 9.48 Å². The average Bonchev–Trinajstić information content (AvgIpc) is 2.60. The van der Waals surface area contributed by atoms with Gasteiger partial charge >= 0.3 is 5.97 Å². The summed E-state index contributed by atoms with van der Waals surface area (Å²) in [4.78, 5) is 22.3. The highest BCUT2D eigenvalue weighted by Crippen LogP contribution is 2.03. The highest BCUT2D eigenvalue weighted by atomic mass is 16.4. The number of carbonyl (C=O) groups is 2. The van der Waals surface area contributed by atoms with E-state index in [2.05, 4.69) is 10.4 Å². The fourth-order valence-electron chi connectivity index (χ4n) is 1.11. The number of carbonyl (C=O) groups excluding carboxylic acids is 1. The molecule has 0 radical (unpaired) electrons. The second-order valence-corrected chi connectivity index (χ2v) is 4.13. The number of aryl methyl sites for hydroxylation is 1. The summed E-state index contributed by atoms with van der Waals surface area (Å²) in [5.41, 5.74) is -0.526. The van der Waals surface area contributed by atoms with Crippen molar-refractivity contribution < 1.29 is 14.7 Å². The summed E-state index contributed by atoms with van der Waals surface area (Å²) in [6.07, 6.45) is 4.46. The van der Waals surface area contributed by atoms with Crippen molar-refractivity contribution in [2.75, 3.05) is 0 Å². The Bertz CT molecular complexity index is 460. The molecule has 0 bridgehead atoms. The molecule has 0 aliphatic heterocycles. The number of hydrogen-bond donors (Lipinski definition) is 2. The normalized spacial score (nSPS) is 11.7. The molecule has 0 spiro atoms. The molecular weight excluding hydrogens is 222 g/mol. The lowest BCUT2D eigenvalue weighted by molar-refractivity contribution is -0.145. The van der Waals surface area contributed by atoms with Crippen LogP contribution >= 0.6 is 0 Å². The molecule has 2 N–H and O–H groups in total. The topological polar surface area (TPSA) is 84.2 Å². The van der Waals surface area contributed by atoms with Crippen molar-refractivity contribution in [3.05, 3.63) is 24.0 Å². The second-order valence-electron chi connectivity index (χ2n) is 4.13. The van der Waals surface area contributed by atoms with Crippen molar-refractivity contribution >= 4 is 18.0 Å². The van der Waals surface area contributed by atoms with Crippen LogP contribution < -0.4 is 5.32 Å². The molecule has 0 aliphatic rings. The number of hydrogen-bond acceptors (Lipinski definition) is 3. The number of rotatable bonds is 4. The third-order valence-corrected chi connectivity index (χ3v) is 2.23. The molecule has 1 amide bonds. The van der Waals surface area contributed by atoms with E-state index < -0.39 is 17.4 Å². The second kappa shape index (κ2) is 4.82. The van der Waals surface area contributed by atoms with Crippen LogP contribution in [0.5, 0.6) is 0 Å². The molecule has 6 heteroatoms. The molecule has 1 aromatic heterocycles. The third kappa shape index (κ3) is 3.44. The van der Waals surface area contributed by atoms with E-state index in [-0.39, 0.29) is 0 Å². The number of nitrogens with zero attached hydrogens (tertiary/aromatic N) is 2. The van der Waals surface area contributed by atoms with Gasteiger partial charge in [-0.05, 0) is 26.0 Å². The summed E-state index contributed by atoms with van der Waals surface area (Å²) in [5, 5.41) is 15.2. The summed E-state index contributed by atoms with van der Waals surface area (Å²) in [6, 6.07) is 1.74. The van der Waals surface area contributed by atoms with Crippen LogP contribution in [0.1, 0.15) is 19.5 Å². The minimum absolute atomic E-state index is 0.460.